The van der Waals surface area contributed by atoms with Gasteiger partial charge < -0.3 is 9.47 Å². The van der Waals surface area contributed by atoms with Gasteiger partial charge in [-0.25, -0.2) is 9.18 Å². The van der Waals surface area contributed by atoms with Crippen LogP contribution in [0.25, 0.3) is 5.88 Å². The van der Waals surface area contributed by atoms with Crippen LogP contribution in [0.2, 0.25) is 0 Å². The van der Waals surface area contributed by atoms with Crippen LogP contribution in [-0.4, -0.2) is 36.8 Å². The van der Waals surface area contributed by atoms with Crippen molar-refractivity contribution in [3.63, 3.8) is 0 Å². The van der Waals surface area contributed by atoms with E-state index < -0.39 is 28.3 Å². The standard InChI is InChI=1S/C19H14F3N5O5/c1-11-7-12(4-5-14(11)27(29)30)8-25-18(28)26(24-23-25)16-10-31-9-15(32-16)13-3-2-6-19(21,22)17(13)20/h2-7,9-10,17H,8H2,1H3. The lowest BCUT2D eigenvalue weighted by Crippen LogP contribution is -2.33. The highest BCUT2D eigenvalue weighted by molar-refractivity contribution is 5.46. The Morgan fingerprint density at radius 3 is 2.78 bits per heavy atom. The fourth-order valence-corrected chi connectivity index (χ4v) is 3.10. The summed E-state index contributed by atoms with van der Waals surface area (Å²) in [6.45, 7) is 1.51. The Hall–Kier alpha value is -4.16. The number of tetrazole rings is 1. The summed E-state index contributed by atoms with van der Waals surface area (Å²) in [4.78, 5) is 23.1. The summed E-state index contributed by atoms with van der Waals surface area (Å²) < 4.78 is 53.5. The average Bonchev–Trinajstić information content (AvgIpc) is 3.10. The van der Waals surface area contributed by atoms with Gasteiger partial charge >= 0.3 is 11.6 Å². The molecule has 0 saturated heterocycles. The van der Waals surface area contributed by atoms with Gasteiger partial charge in [0.05, 0.1) is 11.5 Å². The molecule has 0 spiro atoms. The zero-order valence-corrected chi connectivity index (χ0v) is 16.3. The van der Waals surface area contributed by atoms with Crippen LogP contribution in [0.1, 0.15) is 11.1 Å². The average molecular weight is 449 g/mol. The van der Waals surface area contributed by atoms with Crippen LogP contribution in [0.5, 0.6) is 0 Å². The zero-order valence-electron chi connectivity index (χ0n) is 16.3. The Labute approximate surface area is 177 Å². The quantitative estimate of drug-likeness (QED) is 0.509. The maximum atomic E-state index is 14.2. The minimum Gasteiger partial charge on any atom is -0.463 e. The van der Waals surface area contributed by atoms with Crippen molar-refractivity contribution in [3.8, 4) is 0 Å². The summed E-state index contributed by atoms with van der Waals surface area (Å²) >= 11 is 0. The molecule has 166 valence electrons. The molecule has 4 rings (SSSR count). The molecule has 0 radical (unpaired) electrons. The molecule has 2 heterocycles. The highest BCUT2D eigenvalue weighted by atomic mass is 19.3. The number of hydrogen-bond acceptors (Lipinski definition) is 7. The van der Waals surface area contributed by atoms with Crippen LogP contribution < -0.4 is 5.69 Å². The van der Waals surface area contributed by atoms with Crippen LogP contribution in [0, 0.1) is 17.0 Å². The molecule has 0 N–H and O–H groups in total. The molecular formula is C19H14F3N5O5. The maximum Gasteiger partial charge on any atom is 0.371 e. The fraction of sp³-hybridized carbons (Fsp3) is 0.211. The van der Waals surface area contributed by atoms with E-state index in [1.54, 1.807) is 6.92 Å². The highest BCUT2D eigenvalue weighted by Gasteiger charge is 2.43. The molecule has 0 bridgehead atoms. The number of halogens is 3. The van der Waals surface area contributed by atoms with Crippen LogP contribution in [0.15, 0.2) is 65.1 Å². The van der Waals surface area contributed by atoms with Crippen molar-refractivity contribution in [1.82, 2.24) is 19.8 Å². The van der Waals surface area contributed by atoms with Crippen molar-refractivity contribution >= 4 is 11.6 Å². The van der Waals surface area contributed by atoms with Gasteiger partial charge in [-0.2, -0.15) is 13.5 Å². The topological polar surface area (TPSA) is 114 Å². The number of aromatic nitrogens is 4. The number of alkyl halides is 3. The number of nitro groups is 1. The van der Waals surface area contributed by atoms with Crippen LogP contribution in [0.3, 0.4) is 0 Å². The van der Waals surface area contributed by atoms with E-state index in [2.05, 4.69) is 10.4 Å². The van der Waals surface area contributed by atoms with E-state index in [0.29, 0.717) is 21.9 Å². The van der Waals surface area contributed by atoms with Crippen molar-refractivity contribution in [2.45, 2.75) is 25.6 Å². The van der Waals surface area contributed by atoms with Gasteiger partial charge in [0.1, 0.15) is 6.26 Å². The second-order valence-electron chi connectivity index (χ2n) is 6.90. The van der Waals surface area contributed by atoms with Crippen molar-refractivity contribution in [3.05, 3.63) is 92.0 Å². The molecule has 1 atom stereocenters. The molecule has 1 aliphatic carbocycles. The van der Waals surface area contributed by atoms with Gasteiger partial charge in [0.25, 0.3) is 11.6 Å². The number of rotatable bonds is 5. The van der Waals surface area contributed by atoms with Crippen LogP contribution in [-0.2, 0) is 16.0 Å². The zero-order chi connectivity index (χ0) is 23.0. The number of benzene rings is 1. The van der Waals surface area contributed by atoms with E-state index in [4.69, 9.17) is 9.47 Å². The molecular weight excluding hydrogens is 435 g/mol. The predicted molar refractivity (Wildman–Crippen MR) is 103 cm³/mol. The molecule has 2 aromatic rings. The van der Waals surface area contributed by atoms with E-state index >= 15 is 0 Å². The number of allylic oxidation sites excluding steroid dienone is 4. The van der Waals surface area contributed by atoms with Gasteiger partial charge in [0.2, 0.25) is 0 Å². The van der Waals surface area contributed by atoms with E-state index in [1.807, 2.05) is 0 Å². The van der Waals surface area contributed by atoms with Gasteiger partial charge in [-0.1, -0.05) is 18.2 Å². The summed E-state index contributed by atoms with van der Waals surface area (Å²) in [5.74, 6) is -4.39. The number of ether oxygens (including phenoxy) is 2. The van der Waals surface area contributed by atoms with Gasteiger partial charge in [0, 0.05) is 17.2 Å². The summed E-state index contributed by atoms with van der Waals surface area (Å²) in [5, 5.41) is 18.3. The largest absolute Gasteiger partial charge is 0.463 e. The minimum absolute atomic E-state index is 0.0524. The lowest BCUT2D eigenvalue weighted by Gasteiger charge is -2.25. The van der Waals surface area contributed by atoms with Crippen molar-refractivity contribution in [2.24, 2.45) is 0 Å². The predicted octanol–water partition coefficient (Wildman–Crippen LogP) is 2.82. The fourth-order valence-electron chi connectivity index (χ4n) is 3.10. The van der Waals surface area contributed by atoms with Gasteiger partial charge in [0.15, 0.2) is 18.2 Å². The van der Waals surface area contributed by atoms with E-state index in [-0.39, 0.29) is 23.9 Å². The third-order valence-corrected chi connectivity index (χ3v) is 4.69. The Morgan fingerprint density at radius 2 is 2.06 bits per heavy atom. The number of aryl methyl sites for hydroxylation is 1. The first-order valence-corrected chi connectivity index (χ1v) is 9.10. The van der Waals surface area contributed by atoms with E-state index in [9.17, 15) is 28.1 Å². The van der Waals surface area contributed by atoms with Gasteiger partial charge in [-0.3, -0.25) is 10.1 Å². The third kappa shape index (κ3) is 3.79. The molecule has 2 aliphatic rings. The molecule has 1 aromatic heterocycles. The van der Waals surface area contributed by atoms with Crippen LogP contribution >= 0.6 is 0 Å². The minimum atomic E-state index is -3.72. The smallest absolute Gasteiger partial charge is 0.371 e. The summed E-state index contributed by atoms with van der Waals surface area (Å²) in [6, 6.07) is 4.32. The first-order chi connectivity index (χ1) is 15.2. The van der Waals surface area contributed by atoms with Gasteiger partial charge in [-0.05, 0) is 35.1 Å². The Balaban J connectivity index is 1.54. The van der Waals surface area contributed by atoms with Gasteiger partial charge in [-0.15, -0.1) is 4.68 Å². The molecule has 10 nitrogen and oxygen atoms in total. The summed E-state index contributed by atoms with van der Waals surface area (Å²) in [6.07, 6.45) is 1.76. The summed E-state index contributed by atoms with van der Waals surface area (Å²) in [5.41, 5.74) is -0.340. The van der Waals surface area contributed by atoms with Crippen molar-refractivity contribution in [1.29, 1.82) is 0 Å². The Bertz CT molecular complexity index is 1270. The molecule has 1 aromatic carbocycles. The van der Waals surface area contributed by atoms with E-state index in [0.717, 1.165) is 29.4 Å². The Morgan fingerprint density at radius 1 is 1.28 bits per heavy atom. The van der Waals surface area contributed by atoms with E-state index in [1.165, 1.54) is 18.2 Å². The first-order valence-electron chi connectivity index (χ1n) is 9.10. The van der Waals surface area contributed by atoms with Crippen molar-refractivity contribution in [2.75, 3.05) is 0 Å². The summed E-state index contributed by atoms with van der Waals surface area (Å²) in [7, 11) is 0. The Kier molecular flexibility index (Phi) is 5.16. The maximum absolute atomic E-state index is 14.2. The second-order valence-corrected chi connectivity index (χ2v) is 6.90. The number of nitrogens with zero attached hydrogens (tertiary/aromatic N) is 5. The lowest BCUT2D eigenvalue weighted by atomic mass is 9.98. The SMILES string of the molecule is Cc1cc(Cn2nnn(C3=COC=C(C4=CC=CC(F)(F)C4F)O3)c2=O)ccc1[N+](=O)[O-]. The monoisotopic (exact) mass is 449 g/mol. The first kappa shape index (κ1) is 21.1. The molecule has 0 amide bonds. The second kappa shape index (κ2) is 7.83. The highest BCUT2D eigenvalue weighted by Crippen LogP contribution is 2.37. The normalized spacial score (nSPS) is 19.4. The van der Waals surface area contributed by atoms with Crippen molar-refractivity contribution < 1.29 is 27.6 Å². The molecule has 1 aliphatic heterocycles. The molecule has 0 fully saturated rings. The molecule has 1 unspecified atom stereocenters. The molecule has 13 heteroatoms. The molecule has 0 saturated carbocycles. The molecule has 32 heavy (non-hydrogen) atoms. The number of nitro benzene ring substituents is 1. The number of hydrogen-bond donors (Lipinski definition) is 0. The lowest BCUT2D eigenvalue weighted by molar-refractivity contribution is -0.385. The van der Waals surface area contributed by atoms with Crippen LogP contribution in [0.4, 0.5) is 18.9 Å². The third-order valence-electron chi connectivity index (χ3n) is 4.69.